The second-order valence-electron chi connectivity index (χ2n) is 4.28. The smallest absolute Gasteiger partial charge is 0.286 e. The zero-order valence-corrected chi connectivity index (χ0v) is 12.8. The summed E-state index contributed by atoms with van der Waals surface area (Å²) in [4.78, 5) is 26.7. The molecule has 0 fully saturated rings. The number of hydrogen-bond acceptors (Lipinski definition) is 5. The fourth-order valence-corrected chi connectivity index (χ4v) is 2.29. The first-order chi connectivity index (χ1) is 10.0. The lowest BCUT2D eigenvalue weighted by Crippen LogP contribution is -2.21. The van der Waals surface area contributed by atoms with Crippen molar-refractivity contribution in [3.63, 3.8) is 0 Å². The molecule has 2 aromatic rings. The zero-order valence-electron chi connectivity index (χ0n) is 11.2. The summed E-state index contributed by atoms with van der Waals surface area (Å²) < 4.78 is 1.42. The van der Waals surface area contributed by atoms with E-state index in [1.54, 1.807) is 6.07 Å². The summed E-state index contributed by atoms with van der Waals surface area (Å²) >= 11 is 3.05. The van der Waals surface area contributed by atoms with Crippen LogP contribution in [0.2, 0.25) is 0 Å². The number of rotatable bonds is 5. The molecule has 0 spiro atoms. The van der Waals surface area contributed by atoms with E-state index in [4.69, 9.17) is 0 Å². The maximum absolute atomic E-state index is 12.0. The van der Waals surface area contributed by atoms with Gasteiger partial charge in [-0.1, -0.05) is 6.07 Å². The largest absolute Gasteiger partial charge is 0.370 e. The molecular weight excluding hydrogens is 340 g/mol. The molecule has 8 heteroatoms. The van der Waals surface area contributed by atoms with E-state index in [2.05, 4.69) is 26.2 Å². The van der Waals surface area contributed by atoms with E-state index in [1.165, 1.54) is 16.8 Å². The van der Waals surface area contributed by atoms with Crippen molar-refractivity contribution >= 4 is 27.4 Å². The third kappa shape index (κ3) is 3.66. The first-order valence-electron chi connectivity index (χ1n) is 6.25. The van der Waals surface area contributed by atoms with Gasteiger partial charge in [0.25, 0.3) is 11.2 Å². The van der Waals surface area contributed by atoms with Crippen LogP contribution in [0.5, 0.6) is 0 Å². The molecule has 7 nitrogen and oxygen atoms in total. The Morgan fingerprint density at radius 3 is 2.90 bits per heavy atom. The molecule has 0 saturated heterocycles. The van der Waals surface area contributed by atoms with Crippen LogP contribution in [0.4, 0.5) is 11.5 Å². The highest BCUT2D eigenvalue weighted by Gasteiger charge is 2.12. The van der Waals surface area contributed by atoms with Crippen molar-refractivity contribution in [2.45, 2.75) is 13.5 Å². The fraction of sp³-hybridized carbons (Fsp3) is 0.231. The van der Waals surface area contributed by atoms with Gasteiger partial charge in [0.05, 0.1) is 27.8 Å². The minimum absolute atomic E-state index is 0.149. The lowest BCUT2D eigenvalue weighted by molar-refractivity contribution is -0.385. The quantitative estimate of drug-likeness (QED) is 0.659. The van der Waals surface area contributed by atoms with Gasteiger partial charge in [0.2, 0.25) is 0 Å². The Bertz CT molecular complexity index is 730. The molecular formula is C13H13BrN4O3. The van der Waals surface area contributed by atoms with Gasteiger partial charge in [-0.05, 0) is 35.0 Å². The monoisotopic (exact) mass is 352 g/mol. The van der Waals surface area contributed by atoms with Gasteiger partial charge in [-0.2, -0.15) is 0 Å². The average molecular weight is 353 g/mol. The van der Waals surface area contributed by atoms with Crippen LogP contribution in [-0.2, 0) is 6.54 Å². The minimum Gasteiger partial charge on any atom is -0.370 e. The second kappa shape index (κ2) is 6.49. The number of aromatic nitrogens is 2. The third-order valence-corrected chi connectivity index (χ3v) is 3.30. The summed E-state index contributed by atoms with van der Waals surface area (Å²) in [7, 11) is 0. The molecule has 0 aliphatic carbocycles. The van der Waals surface area contributed by atoms with E-state index < -0.39 is 4.92 Å². The van der Waals surface area contributed by atoms with Crippen molar-refractivity contribution in [3.05, 3.63) is 61.1 Å². The Balaban J connectivity index is 2.37. The predicted molar refractivity (Wildman–Crippen MR) is 82.6 cm³/mol. The predicted octanol–water partition coefficient (Wildman–Crippen LogP) is 2.39. The van der Waals surface area contributed by atoms with E-state index in [1.807, 2.05) is 19.1 Å². The third-order valence-electron chi connectivity index (χ3n) is 2.74. The van der Waals surface area contributed by atoms with Gasteiger partial charge in [0.1, 0.15) is 5.82 Å². The standard InChI is InChI=1S/C13H13BrN4O3/c1-2-15-12-5-3-4-9(16-12)7-17-8-10(18(20)21)6-11(14)13(17)19/h3-6,8H,2,7H2,1H3,(H,15,16). The fourth-order valence-electron chi connectivity index (χ4n) is 1.82. The number of anilines is 1. The second-order valence-corrected chi connectivity index (χ2v) is 5.14. The highest BCUT2D eigenvalue weighted by Crippen LogP contribution is 2.15. The highest BCUT2D eigenvalue weighted by molar-refractivity contribution is 9.10. The molecule has 1 N–H and O–H groups in total. The highest BCUT2D eigenvalue weighted by atomic mass is 79.9. The van der Waals surface area contributed by atoms with Crippen LogP contribution in [0.1, 0.15) is 12.6 Å². The normalized spacial score (nSPS) is 10.4. The Morgan fingerprint density at radius 2 is 2.24 bits per heavy atom. The van der Waals surface area contributed by atoms with Gasteiger partial charge < -0.3 is 9.88 Å². The minimum atomic E-state index is -0.539. The number of nitrogens with one attached hydrogen (secondary N) is 1. The maximum atomic E-state index is 12.0. The van der Waals surface area contributed by atoms with E-state index in [9.17, 15) is 14.9 Å². The molecule has 2 rings (SSSR count). The van der Waals surface area contributed by atoms with Crippen LogP contribution in [0.3, 0.4) is 0 Å². The molecule has 0 saturated carbocycles. The summed E-state index contributed by atoms with van der Waals surface area (Å²) in [5.74, 6) is 0.701. The summed E-state index contributed by atoms with van der Waals surface area (Å²) in [6.07, 6.45) is 1.22. The summed E-state index contributed by atoms with van der Waals surface area (Å²) in [6, 6.07) is 6.60. The Labute approximate surface area is 128 Å². The summed E-state index contributed by atoms with van der Waals surface area (Å²) in [5, 5.41) is 13.9. The van der Waals surface area contributed by atoms with Gasteiger partial charge in [0.15, 0.2) is 0 Å². The van der Waals surface area contributed by atoms with Crippen LogP contribution < -0.4 is 10.9 Å². The molecule has 0 atom stereocenters. The van der Waals surface area contributed by atoms with Crippen molar-refractivity contribution in [1.29, 1.82) is 0 Å². The van der Waals surface area contributed by atoms with E-state index in [-0.39, 0.29) is 22.3 Å². The summed E-state index contributed by atoms with van der Waals surface area (Å²) in [5.41, 5.74) is 0.156. The molecule has 0 unspecified atom stereocenters. The number of pyridine rings is 2. The van der Waals surface area contributed by atoms with Crippen LogP contribution in [-0.4, -0.2) is 21.0 Å². The van der Waals surface area contributed by atoms with Crippen molar-refractivity contribution in [2.24, 2.45) is 0 Å². The maximum Gasteiger partial charge on any atom is 0.286 e. The van der Waals surface area contributed by atoms with E-state index in [0.717, 1.165) is 6.54 Å². The Morgan fingerprint density at radius 1 is 1.48 bits per heavy atom. The van der Waals surface area contributed by atoms with Crippen LogP contribution in [0.15, 0.2) is 39.7 Å². The molecule has 0 radical (unpaired) electrons. The average Bonchev–Trinajstić information content (AvgIpc) is 2.44. The van der Waals surface area contributed by atoms with Crippen LogP contribution >= 0.6 is 15.9 Å². The van der Waals surface area contributed by atoms with Gasteiger partial charge in [-0.3, -0.25) is 14.9 Å². The molecule has 0 aromatic carbocycles. The van der Waals surface area contributed by atoms with Crippen molar-refractivity contribution < 1.29 is 4.92 Å². The zero-order chi connectivity index (χ0) is 15.4. The number of hydrogen-bond donors (Lipinski definition) is 1. The Hall–Kier alpha value is -2.22. The number of nitrogens with zero attached hydrogens (tertiary/aromatic N) is 3. The van der Waals surface area contributed by atoms with Crippen LogP contribution in [0.25, 0.3) is 0 Å². The molecule has 0 bridgehead atoms. The first-order valence-corrected chi connectivity index (χ1v) is 7.04. The molecule has 2 aromatic heterocycles. The van der Waals surface area contributed by atoms with E-state index >= 15 is 0 Å². The van der Waals surface area contributed by atoms with Gasteiger partial charge in [-0.25, -0.2) is 4.98 Å². The van der Waals surface area contributed by atoms with Crippen molar-refractivity contribution in [2.75, 3.05) is 11.9 Å². The molecule has 21 heavy (non-hydrogen) atoms. The number of halogens is 1. The molecule has 110 valence electrons. The van der Waals surface area contributed by atoms with Crippen LogP contribution in [0, 0.1) is 10.1 Å². The van der Waals surface area contributed by atoms with Crippen molar-refractivity contribution in [3.8, 4) is 0 Å². The van der Waals surface area contributed by atoms with Gasteiger partial charge in [0, 0.05) is 12.6 Å². The molecule has 0 amide bonds. The molecule has 0 aliphatic rings. The van der Waals surface area contributed by atoms with Gasteiger partial charge >= 0.3 is 0 Å². The summed E-state index contributed by atoms with van der Waals surface area (Å²) in [6.45, 7) is 2.85. The molecule has 0 aliphatic heterocycles. The lowest BCUT2D eigenvalue weighted by Gasteiger charge is -2.08. The Kier molecular flexibility index (Phi) is 4.69. The van der Waals surface area contributed by atoms with Crippen molar-refractivity contribution in [1.82, 2.24) is 9.55 Å². The molecule has 2 heterocycles. The SMILES string of the molecule is CCNc1cccc(Cn2cc([N+](=O)[O-])cc(Br)c2=O)n1. The topological polar surface area (TPSA) is 90.1 Å². The first kappa shape index (κ1) is 15.2. The lowest BCUT2D eigenvalue weighted by atomic mass is 10.3. The van der Waals surface area contributed by atoms with E-state index in [0.29, 0.717) is 11.5 Å². The van der Waals surface area contributed by atoms with Gasteiger partial charge in [-0.15, -0.1) is 0 Å². The number of nitro groups is 1.